The van der Waals surface area contributed by atoms with Crippen LogP contribution in [0.5, 0.6) is 0 Å². The zero-order chi connectivity index (χ0) is 14.4. The number of amides is 2. The topological polar surface area (TPSA) is 69.6 Å². The summed E-state index contributed by atoms with van der Waals surface area (Å²) in [7, 11) is 0. The number of nitrogens with one attached hydrogen (secondary N) is 1. The molecule has 0 radical (unpaired) electrons. The van der Waals surface area contributed by atoms with Crippen molar-refractivity contribution in [3.63, 3.8) is 0 Å². The summed E-state index contributed by atoms with van der Waals surface area (Å²) in [5, 5.41) is 12.0. The summed E-state index contributed by atoms with van der Waals surface area (Å²) in [6, 6.07) is 5.67. The number of halogens is 2. The Morgan fingerprint density at radius 2 is 1.89 bits per heavy atom. The van der Waals surface area contributed by atoms with Gasteiger partial charge in [0.25, 0.3) is 0 Å². The fourth-order valence-electron chi connectivity index (χ4n) is 1.30. The first-order valence-corrected chi connectivity index (χ1v) is 6.01. The smallest absolute Gasteiger partial charge is 0.323 e. The molecular formula is C12H12Cl2N2O3. The van der Waals surface area contributed by atoms with E-state index in [4.69, 9.17) is 28.3 Å². The molecule has 1 aromatic carbocycles. The fourth-order valence-corrected chi connectivity index (χ4v) is 1.50. The number of rotatable bonds is 5. The van der Waals surface area contributed by atoms with Crippen LogP contribution in [0, 0.1) is 0 Å². The van der Waals surface area contributed by atoms with Crippen molar-refractivity contribution in [2.45, 2.75) is 0 Å². The van der Waals surface area contributed by atoms with Crippen molar-refractivity contribution in [1.29, 1.82) is 0 Å². The van der Waals surface area contributed by atoms with Crippen LogP contribution in [0.4, 0.5) is 10.5 Å². The zero-order valence-electron chi connectivity index (χ0n) is 9.90. The van der Waals surface area contributed by atoms with Crippen molar-refractivity contribution in [1.82, 2.24) is 5.32 Å². The van der Waals surface area contributed by atoms with Gasteiger partial charge in [0.2, 0.25) is 0 Å². The first-order chi connectivity index (χ1) is 8.90. The number of urea groups is 1. The Morgan fingerprint density at radius 3 is 2.37 bits per heavy atom. The number of benzene rings is 1. The summed E-state index contributed by atoms with van der Waals surface area (Å²) in [4.78, 5) is 23.8. The van der Waals surface area contributed by atoms with E-state index >= 15 is 0 Å². The van der Waals surface area contributed by atoms with Crippen molar-refractivity contribution >= 4 is 40.9 Å². The monoisotopic (exact) mass is 302 g/mol. The molecule has 0 saturated heterocycles. The second kappa shape index (κ2) is 7.01. The lowest BCUT2D eigenvalue weighted by Gasteiger charge is -2.21. The predicted octanol–water partition coefficient (Wildman–Crippen LogP) is 2.69. The molecule has 19 heavy (non-hydrogen) atoms. The van der Waals surface area contributed by atoms with Crippen LogP contribution < -0.4 is 10.2 Å². The number of carbonyl (C=O) groups excluding carboxylic acids is 1. The van der Waals surface area contributed by atoms with E-state index in [0.29, 0.717) is 10.7 Å². The van der Waals surface area contributed by atoms with Gasteiger partial charge in [-0.3, -0.25) is 9.69 Å². The molecule has 2 amide bonds. The normalized spacial score (nSPS) is 9.79. The van der Waals surface area contributed by atoms with E-state index in [0.717, 1.165) is 4.90 Å². The van der Waals surface area contributed by atoms with Crippen molar-refractivity contribution in [3.05, 3.63) is 40.9 Å². The van der Waals surface area contributed by atoms with Gasteiger partial charge in [-0.15, -0.1) is 0 Å². The molecule has 7 heteroatoms. The largest absolute Gasteiger partial charge is 0.480 e. The van der Waals surface area contributed by atoms with E-state index in [1.54, 1.807) is 24.3 Å². The Balaban J connectivity index is 2.87. The average Bonchev–Trinajstić information content (AvgIpc) is 2.34. The molecule has 102 valence electrons. The lowest BCUT2D eigenvalue weighted by Crippen LogP contribution is -2.43. The minimum atomic E-state index is -1.13. The van der Waals surface area contributed by atoms with Gasteiger partial charge in [-0.25, -0.2) is 4.79 Å². The van der Waals surface area contributed by atoms with E-state index in [-0.39, 0.29) is 11.6 Å². The van der Waals surface area contributed by atoms with E-state index in [9.17, 15) is 9.59 Å². The third-order valence-corrected chi connectivity index (χ3v) is 2.49. The predicted molar refractivity (Wildman–Crippen MR) is 74.8 cm³/mol. The van der Waals surface area contributed by atoms with E-state index < -0.39 is 18.5 Å². The molecule has 0 aromatic heterocycles. The van der Waals surface area contributed by atoms with Crippen LogP contribution in [0.15, 0.2) is 35.9 Å². The second-order valence-corrected chi connectivity index (χ2v) is 4.60. The average molecular weight is 303 g/mol. The SMILES string of the molecule is C=C(Cl)CNC(=O)N(CC(=O)O)c1ccc(Cl)cc1. The van der Waals surface area contributed by atoms with E-state index in [1.807, 2.05) is 0 Å². The molecule has 5 nitrogen and oxygen atoms in total. The zero-order valence-corrected chi connectivity index (χ0v) is 11.4. The molecular weight excluding hydrogens is 291 g/mol. The fraction of sp³-hybridized carbons (Fsp3) is 0.167. The van der Waals surface area contributed by atoms with Crippen LogP contribution in [0.1, 0.15) is 0 Å². The Morgan fingerprint density at radius 1 is 1.32 bits per heavy atom. The van der Waals surface area contributed by atoms with Crippen molar-refractivity contribution in [3.8, 4) is 0 Å². The van der Waals surface area contributed by atoms with E-state index in [1.165, 1.54) is 0 Å². The molecule has 1 rings (SSSR count). The van der Waals surface area contributed by atoms with E-state index in [2.05, 4.69) is 11.9 Å². The van der Waals surface area contributed by atoms with Crippen LogP contribution in [-0.4, -0.2) is 30.2 Å². The highest BCUT2D eigenvalue weighted by Crippen LogP contribution is 2.18. The molecule has 0 fully saturated rings. The quantitative estimate of drug-likeness (QED) is 0.878. The summed E-state index contributed by atoms with van der Waals surface area (Å²) in [6.07, 6.45) is 0. The van der Waals surface area contributed by atoms with Gasteiger partial charge >= 0.3 is 12.0 Å². The highest BCUT2D eigenvalue weighted by Gasteiger charge is 2.18. The van der Waals surface area contributed by atoms with Crippen molar-refractivity contribution in [2.24, 2.45) is 0 Å². The molecule has 0 bridgehead atoms. The number of hydrogen-bond acceptors (Lipinski definition) is 2. The second-order valence-electron chi connectivity index (χ2n) is 3.63. The first-order valence-electron chi connectivity index (χ1n) is 5.26. The maximum absolute atomic E-state index is 11.9. The van der Waals surface area contributed by atoms with Gasteiger partial charge in [0.15, 0.2) is 0 Å². The lowest BCUT2D eigenvalue weighted by molar-refractivity contribution is -0.135. The summed E-state index contributed by atoms with van der Waals surface area (Å²) in [6.45, 7) is 3.02. The Bertz CT molecular complexity index is 488. The van der Waals surface area contributed by atoms with Crippen molar-refractivity contribution < 1.29 is 14.7 Å². The highest BCUT2D eigenvalue weighted by atomic mass is 35.5. The van der Waals surface area contributed by atoms with Crippen LogP contribution >= 0.6 is 23.2 Å². The maximum atomic E-state index is 11.9. The summed E-state index contributed by atoms with van der Waals surface area (Å²) in [5.74, 6) is -1.13. The molecule has 0 aliphatic rings. The molecule has 0 unspecified atom stereocenters. The van der Waals surface area contributed by atoms with Gasteiger partial charge in [-0.2, -0.15) is 0 Å². The van der Waals surface area contributed by atoms with Gasteiger partial charge in [0, 0.05) is 15.7 Å². The number of carboxylic acid groups (broad SMARTS) is 1. The van der Waals surface area contributed by atoms with Gasteiger partial charge in [-0.1, -0.05) is 29.8 Å². The van der Waals surface area contributed by atoms with Crippen LogP contribution in [-0.2, 0) is 4.79 Å². The first kappa shape index (κ1) is 15.3. The molecule has 0 aliphatic carbocycles. The summed E-state index contributed by atoms with van der Waals surface area (Å²) >= 11 is 11.3. The minimum Gasteiger partial charge on any atom is -0.480 e. The van der Waals surface area contributed by atoms with Gasteiger partial charge in [-0.05, 0) is 24.3 Å². The number of carboxylic acids is 1. The van der Waals surface area contributed by atoms with Gasteiger partial charge in [0.05, 0.1) is 6.54 Å². The Kier molecular flexibility index (Phi) is 5.66. The van der Waals surface area contributed by atoms with Gasteiger partial charge < -0.3 is 10.4 Å². The number of nitrogens with zero attached hydrogens (tertiary/aromatic N) is 1. The number of anilines is 1. The highest BCUT2D eigenvalue weighted by molar-refractivity contribution is 6.30. The molecule has 0 spiro atoms. The molecule has 1 aromatic rings. The molecule has 0 atom stereocenters. The lowest BCUT2D eigenvalue weighted by atomic mass is 10.3. The molecule has 2 N–H and O–H groups in total. The summed E-state index contributed by atoms with van der Waals surface area (Å²) < 4.78 is 0. The van der Waals surface area contributed by atoms with Gasteiger partial charge in [0.1, 0.15) is 6.54 Å². The molecule has 0 saturated carbocycles. The van der Waals surface area contributed by atoms with Crippen LogP contribution in [0.3, 0.4) is 0 Å². The number of hydrogen-bond donors (Lipinski definition) is 2. The minimum absolute atomic E-state index is 0.0596. The van der Waals surface area contributed by atoms with Crippen LogP contribution in [0.2, 0.25) is 5.02 Å². The molecule has 0 aliphatic heterocycles. The third kappa shape index (κ3) is 5.19. The third-order valence-electron chi connectivity index (χ3n) is 2.11. The molecule has 0 heterocycles. The van der Waals surface area contributed by atoms with Crippen LogP contribution in [0.25, 0.3) is 0 Å². The number of carbonyl (C=O) groups is 2. The Hall–Kier alpha value is -1.72. The number of aliphatic carboxylic acids is 1. The summed E-state index contributed by atoms with van der Waals surface area (Å²) in [5.41, 5.74) is 0.421. The standard InChI is InChI=1S/C12H12Cl2N2O3/c1-8(13)6-15-12(19)16(7-11(17)18)10-4-2-9(14)3-5-10/h2-5H,1,6-7H2,(H,15,19)(H,17,18). The Labute approximate surface area is 120 Å². The van der Waals surface area contributed by atoms with Crippen molar-refractivity contribution in [2.75, 3.05) is 18.0 Å². The maximum Gasteiger partial charge on any atom is 0.323 e.